The summed E-state index contributed by atoms with van der Waals surface area (Å²) in [5, 5.41) is 4.10. The van der Waals surface area contributed by atoms with Gasteiger partial charge in [-0.25, -0.2) is 0 Å². The van der Waals surface area contributed by atoms with Crippen molar-refractivity contribution in [1.82, 2.24) is 5.32 Å². The lowest BCUT2D eigenvalue weighted by atomic mass is 10.1. The van der Waals surface area contributed by atoms with Gasteiger partial charge in [-0.1, -0.05) is 30.1 Å². The molecule has 0 spiro atoms. The highest BCUT2D eigenvalue weighted by Crippen LogP contribution is 2.28. The number of anilines is 1. The van der Waals surface area contributed by atoms with Gasteiger partial charge in [0.2, 0.25) is 5.91 Å². The predicted molar refractivity (Wildman–Crippen MR) is 78.1 cm³/mol. The SMILES string of the molecule is CC1CNCC(=O)N(c2ccc(Cl)c(Cl)c2)C1.Cl. The van der Waals surface area contributed by atoms with Gasteiger partial charge in [0.25, 0.3) is 0 Å². The Morgan fingerprint density at radius 2 is 2.06 bits per heavy atom. The minimum atomic E-state index is 0. The van der Waals surface area contributed by atoms with Gasteiger partial charge >= 0.3 is 0 Å². The molecule has 1 N–H and O–H groups in total. The van der Waals surface area contributed by atoms with Crippen LogP contribution < -0.4 is 10.2 Å². The Kier molecular flexibility index (Phi) is 5.73. The average molecular weight is 310 g/mol. The fraction of sp³-hybridized carbons (Fsp3) is 0.417. The molecule has 3 nitrogen and oxygen atoms in total. The van der Waals surface area contributed by atoms with Crippen molar-refractivity contribution in [2.45, 2.75) is 6.92 Å². The standard InChI is InChI=1S/C12H14Cl2N2O.ClH/c1-8-5-15-6-12(17)16(7-8)9-2-3-10(13)11(14)4-9;/h2-4,8,15H,5-7H2,1H3;1H. The van der Waals surface area contributed by atoms with E-state index in [4.69, 9.17) is 23.2 Å². The number of rotatable bonds is 1. The van der Waals surface area contributed by atoms with Gasteiger partial charge in [0, 0.05) is 12.2 Å². The second-order valence-electron chi connectivity index (χ2n) is 4.34. The molecule has 1 unspecified atom stereocenters. The third-order valence-electron chi connectivity index (χ3n) is 2.78. The average Bonchev–Trinajstić information content (AvgIpc) is 2.45. The number of nitrogens with zero attached hydrogens (tertiary/aromatic N) is 1. The summed E-state index contributed by atoms with van der Waals surface area (Å²) >= 11 is 11.8. The molecule has 1 heterocycles. The van der Waals surface area contributed by atoms with Gasteiger partial charge in [-0.3, -0.25) is 4.79 Å². The molecule has 1 atom stereocenters. The Hall–Kier alpha value is -0.480. The first-order valence-electron chi connectivity index (χ1n) is 5.54. The van der Waals surface area contributed by atoms with Crippen molar-refractivity contribution in [1.29, 1.82) is 0 Å². The van der Waals surface area contributed by atoms with Crippen molar-refractivity contribution in [2.24, 2.45) is 5.92 Å². The lowest BCUT2D eigenvalue weighted by molar-refractivity contribution is -0.117. The van der Waals surface area contributed by atoms with Crippen LogP contribution in [0.15, 0.2) is 18.2 Å². The fourth-order valence-electron chi connectivity index (χ4n) is 1.90. The van der Waals surface area contributed by atoms with Crippen molar-refractivity contribution in [2.75, 3.05) is 24.5 Å². The molecule has 1 saturated heterocycles. The number of halogens is 3. The normalized spacial score (nSPS) is 20.3. The molecule has 100 valence electrons. The summed E-state index contributed by atoms with van der Waals surface area (Å²) in [5.74, 6) is 0.476. The third-order valence-corrected chi connectivity index (χ3v) is 3.52. The molecular formula is C12H15Cl3N2O. The van der Waals surface area contributed by atoms with Crippen LogP contribution in [-0.4, -0.2) is 25.5 Å². The predicted octanol–water partition coefficient (Wildman–Crippen LogP) is 2.99. The first-order valence-corrected chi connectivity index (χ1v) is 6.29. The van der Waals surface area contributed by atoms with E-state index < -0.39 is 0 Å². The van der Waals surface area contributed by atoms with Gasteiger partial charge in [-0.2, -0.15) is 0 Å². The van der Waals surface area contributed by atoms with Crippen LogP contribution in [0.25, 0.3) is 0 Å². The lowest BCUT2D eigenvalue weighted by Crippen LogP contribution is -2.35. The molecule has 0 saturated carbocycles. The summed E-state index contributed by atoms with van der Waals surface area (Å²) in [6, 6.07) is 5.28. The molecule has 1 aliphatic rings. The largest absolute Gasteiger partial charge is 0.311 e. The number of hydrogen-bond donors (Lipinski definition) is 1. The zero-order chi connectivity index (χ0) is 12.4. The van der Waals surface area contributed by atoms with E-state index in [9.17, 15) is 4.79 Å². The molecule has 6 heteroatoms. The quantitative estimate of drug-likeness (QED) is 0.865. The topological polar surface area (TPSA) is 32.3 Å². The molecule has 0 aromatic heterocycles. The maximum Gasteiger partial charge on any atom is 0.240 e. The van der Waals surface area contributed by atoms with Crippen molar-refractivity contribution >= 4 is 47.2 Å². The lowest BCUT2D eigenvalue weighted by Gasteiger charge is -2.22. The fourth-order valence-corrected chi connectivity index (χ4v) is 2.19. The van der Waals surface area contributed by atoms with Crippen molar-refractivity contribution in [3.05, 3.63) is 28.2 Å². The van der Waals surface area contributed by atoms with Crippen LogP contribution >= 0.6 is 35.6 Å². The van der Waals surface area contributed by atoms with Crippen LogP contribution in [0.4, 0.5) is 5.69 Å². The van der Waals surface area contributed by atoms with E-state index in [1.54, 1.807) is 17.0 Å². The van der Waals surface area contributed by atoms with Gasteiger partial charge < -0.3 is 10.2 Å². The second kappa shape index (κ2) is 6.62. The van der Waals surface area contributed by atoms with Gasteiger partial charge in [-0.15, -0.1) is 12.4 Å². The highest BCUT2D eigenvalue weighted by Gasteiger charge is 2.22. The number of benzene rings is 1. The Balaban J connectivity index is 0.00000162. The minimum absolute atomic E-state index is 0. The molecule has 1 aromatic rings. The summed E-state index contributed by atoms with van der Waals surface area (Å²) in [4.78, 5) is 13.7. The van der Waals surface area contributed by atoms with E-state index in [-0.39, 0.29) is 18.3 Å². The smallest absolute Gasteiger partial charge is 0.240 e. The second-order valence-corrected chi connectivity index (χ2v) is 5.15. The van der Waals surface area contributed by atoms with Crippen molar-refractivity contribution < 1.29 is 4.79 Å². The van der Waals surface area contributed by atoms with Crippen molar-refractivity contribution in [3.8, 4) is 0 Å². The van der Waals surface area contributed by atoms with Crippen LogP contribution in [0.5, 0.6) is 0 Å². The summed E-state index contributed by atoms with van der Waals surface area (Å²) in [6.07, 6.45) is 0. The van der Waals surface area contributed by atoms with Crippen molar-refractivity contribution in [3.63, 3.8) is 0 Å². The van der Waals surface area contributed by atoms with Gasteiger partial charge in [0.15, 0.2) is 0 Å². The molecule has 0 radical (unpaired) electrons. The zero-order valence-electron chi connectivity index (χ0n) is 9.95. The number of amides is 1. The van der Waals surface area contributed by atoms with E-state index in [1.165, 1.54) is 0 Å². The van der Waals surface area contributed by atoms with E-state index in [0.717, 1.165) is 12.2 Å². The Labute approximate surface area is 123 Å². The Bertz CT molecular complexity index is 439. The minimum Gasteiger partial charge on any atom is -0.311 e. The van der Waals surface area contributed by atoms with Crippen LogP contribution in [0.1, 0.15) is 6.92 Å². The molecule has 1 aromatic carbocycles. The summed E-state index contributed by atoms with van der Waals surface area (Å²) in [5.41, 5.74) is 0.806. The number of nitrogens with one attached hydrogen (secondary N) is 1. The van der Waals surface area contributed by atoms with E-state index in [0.29, 0.717) is 29.1 Å². The maximum atomic E-state index is 11.9. The zero-order valence-corrected chi connectivity index (χ0v) is 12.3. The van der Waals surface area contributed by atoms with Gasteiger partial charge in [-0.05, 0) is 30.7 Å². The van der Waals surface area contributed by atoms with Crippen LogP contribution in [0, 0.1) is 5.92 Å². The maximum absolute atomic E-state index is 11.9. The monoisotopic (exact) mass is 308 g/mol. The molecule has 2 rings (SSSR count). The van der Waals surface area contributed by atoms with Gasteiger partial charge in [0.1, 0.15) is 0 Å². The number of hydrogen-bond acceptors (Lipinski definition) is 2. The summed E-state index contributed by atoms with van der Waals surface area (Å²) in [6.45, 7) is 4.02. The number of carbonyl (C=O) groups is 1. The summed E-state index contributed by atoms with van der Waals surface area (Å²) in [7, 11) is 0. The van der Waals surface area contributed by atoms with E-state index >= 15 is 0 Å². The Morgan fingerprint density at radius 1 is 1.33 bits per heavy atom. The Morgan fingerprint density at radius 3 is 2.72 bits per heavy atom. The molecule has 0 bridgehead atoms. The first-order chi connectivity index (χ1) is 8.08. The molecule has 18 heavy (non-hydrogen) atoms. The molecule has 1 fully saturated rings. The summed E-state index contributed by atoms with van der Waals surface area (Å²) < 4.78 is 0. The van der Waals surface area contributed by atoms with Crippen LogP contribution in [-0.2, 0) is 4.79 Å². The highest BCUT2D eigenvalue weighted by molar-refractivity contribution is 6.42. The first kappa shape index (κ1) is 15.6. The van der Waals surface area contributed by atoms with E-state index in [2.05, 4.69) is 12.2 Å². The molecule has 0 aliphatic carbocycles. The molecular weight excluding hydrogens is 295 g/mol. The molecule has 1 amide bonds. The third kappa shape index (κ3) is 3.51. The van der Waals surface area contributed by atoms with Gasteiger partial charge in [0.05, 0.1) is 16.6 Å². The van der Waals surface area contributed by atoms with Crippen LogP contribution in [0.3, 0.4) is 0 Å². The highest BCUT2D eigenvalue weighted by atomic mass is 35.5. The molecule has 1 aliphatic heterocycles. The van der Waals surface area contributed by atoms with Crippen LogP contribution in [0.2, 0.25) is 10.0 Å². The van der Waals surface area contributed by atoms with E-state index in [1.807, 2.05) is 6.07 Å². The number of carbonyl (C=O) groups excluding carboxylic acids is 1.